The van der Waals surface area contributed by atoms with Crippen molar-refractivity contribution in [2.75, 3.05) is 5.32 Å². The molecule has 0 spiro atoms. The lowest BCUT2D eigenvalue weighted by atomic mass is 10.1. The van der Waals surface area contributed by atoms with E-state index in [1.807, 2.05) is 36.4 Å². The third kappa shape index (κ3) is 4.14. The van der Waals surface area contributed by atoms with E-state index in [-0.39, 0.29) is 10.7 Å². The second-order valence-corrected chi connectivity index (χ2v) is 5.85. The number of pyridine rings is 1. The summed E-state index contributed by atoms with van der Waals surface area (Å²) in [6.45, 7) is 1.51. The lowest BCUT2D eigenvalue weighted by Gasteiger charge is -2.14. The lowest BCUT2D eigenvalue weighted by Crippen LogP contribution is -2.30. The summed E-state index contributed by atoms with van der Waals surface area (Å²) in [6.07, 6.45) is 0.449. The molecule has 0 fully saturated rings. The molecule has 0 saturated carbocycles. The molecular formula is C19H15ClN2O3. The van der Waals surface area contributed by atoms with Crippen LogP contribution >= 0.6 is 11.6 Å². The Labute approximate surface area is 149 Å². The smallest absolute Gasteiger partial charge is 0.339 e. The molecule has 1 unspecified atom stereocenters. The molecule has 1 atom stereocenters. The number of carbonyl (C=O) groups is 2. The fourth-order valence-corrected chi connectivity index (χ4v) is 2.50. The topological polar surface area (TPSA) is 68.3 Å². The van der Waals surface area contributed by atoms with Gasteiger partial charge in [-0.25, -0.2) is 9.78 Å². The summed E-state index contributed by atoms with van der Waals surface area (Å²) in [4.78, 5) is 28.1. The van der Waals surface area contributed by atoms with E-state index in [0.717, 1.165) is 10.8 Å². The zero-order chi connectivity index (χ0) is 17.8. The summed E-state index contributed by atoms with van der Waals surface area (Å²) in [5.41, 5.74) is 0.879. The zero-order valence-electron chi connectivity index (χ0n) is 13.4. The highest BCUT2D eigenvalue weighted by atomic mass is 35.5. The number of aromatic nitrogens is 1. The number of nitrogens with zero attached hydrogens (tertiary/aromatic N) is 1. The van der Waals surface area contributed by atoms with Gasteiger partial charge in [-0.15, -0.1) is 0 Å². The summed E-state index contributed by atoms with van der Waals surface area (Å²) in [5.74, 6) is -1.05. The number of nitrogens with one attached hydrogen (secondary N) is 1. The molecule has 0 saturated heterocycles. The molecular weight excluding hydrogens is 340 g/mol. The molecule has 0 bridgehead atoms. The molecule has 5 nitrogen and oxygen atoms in total. The summed E-state index contributed by atoms with van der Waals surface area (Å²) in [6, 6.07) is 16.3. The van der Waals surface area contributed by atoms with Crippen LogP contribution in [0.5, 0.6) is 0 Å². The fraction of sp³-hybridized carbons (Fsp3) is 0.105. The van der Waals surface area contributed by atoms with Crippen LogP contribution in [0.4, 0.5) is 5.69 Å². The molecule has 0 aliphatic heterocycles. The van der Waals surface area contributed by atoms with E-state index < -0.39 is 18.0 Å². The standard InChI is InChI=1S/C19H15ClN2O3/c1-12(25-19(24)15-8-9-21-17(20)11-15)18(23)22-16-7-6-13-4-2-3-5-14(13)10-16/h2-12H,1H3,(H,22,23). The van der Waals surface area contributed by atoms with E-state index in [4.69, 9.17) is 16.3 Å². The van der Waals surface area contributed by atoms with Crippen molar-refractivity contribution >= 4 is 39.9 Å². The molecule has 1 amide bonds. The summed E-state index contributed by atoms with van der Waals surface area (Å²) in [5, 5.41) is 5.02. The number of hydrogen-bond acceptors (Lipinski definition) is 4. The van der Waals surface area contributed by atoms with Crippen LogP contribution in [-0.4, -0.2) is 23.0 Å². The van der Waals surface area contributed by atoms with Gasteiger partial charge in [-0.1, -0.05) is 41.9 Å². The Morgan fingerprint density at radius 3 is 2.60 bits per heavy atom. The first-order chi connectivity index (χ1) is 12.0. The van der Waals surface area contributed by atoms with Crippen LogP contribution in [0.15, 0.2) is 60.8 Å². The highest BCUT2D eigenvalue weighted by Crippen LogP contribution is 2.19. The number of esters is 1. The number of ether oxygens (including phenoxy) is 1. The predicted molar refractivity (Wildman–Crippen MR) is 96.7 cm³/mol. The van der Waals surface area contributed by atoms with Crippen molar-refractivity contribution in [2.24, 2.45) is 0 Å². The normalized spacial score (nSPS) is 11.8. The van der Waals surface area contributed by atoms with Gasteiger partial charge in [0.25, 0.3) is 5.91 Å². The molecule has 25 heavy (non-hydrogen) atoms. The number of anilines is 1. The van der Waals surface area contributed by atoms with Crippen molar-refractivity contribution in [2.45, 2.75) is 13.0 Å². The molecule has 0 radical (unpaired) electrons. The van der Waals surface area contributed by atoms with Gasteiger partial charge in [-0.2, -0.15) is 0 Å². The van der Waals surface area contributed by atoms with Crippen LogP contribution in [0, 0.1) is 0 Å². The molecule has 1 aromatic heterocycles. The molecule has 6 heteroatoms. The van der Waals surface area contributed by atoms with Gasteiger partial charge in [0.15, 0.2) is 6.10 Å². The average Bonchev–Trinajstić information content (AvgIpc) is 2.61. The first-order valence-electron chi connectivity index (χ1n) is 7.65. The van der Waals surface area contributed by atoms with E-state index >= 15 is 0 Å². The highest BCUT2D eigenvalue weighted by Gasteiger charge is 2.19. The van der Waals surface area contributed by atoms with E-state index in [2.05, 4.69) is 10.3 Å². The fourth-order valence-electron chi connectivity index (χ4n) is 2.32. The van der Waals surface area contributed by atoms with Gasteiger partial charge >= 0.3 is 5.97 Å². The maximum atomic E-state index is 12.3. The van der Waals surface area contributed by atoms with Crippen molar-refractivity contribution in [1.82, 2.24) is 4.98 Å². The van der Waals surface area contributed by atoms with E-state index in [1.165, 1.54) is 25.3 Å². The average molecular weight is 355 g/mol. The number of halogens is 1. The van der Waals surface area contributed by atoms with Gasteiger partial charge in [0.1, 0.15) is 5.15 Å². The molecule has 3 rings (SSSR count). The summed E-state index contributed by atoms with van der Waals surface area (Å²) in [7, 11) is 0. The van der Waals surface area contributed by atoms with Gasteiger partial charge in [-0.3, -0.25) is 4.79 Å². The first-order valence-corrected chi connectivity index (χ1v) is 8.03. The molecule has 1 heterocycles. The van der Waals surface area contributed by atoms with Crippen LogP contribution in [0.2, 0.25) is 5.15 Å². The second-order valence-electron chi connectivity index (χ2n) is 5.47. The Hall–Kier alpha value is -2.92. The Morgan fingerprint density at radius 1 is 1.08 bits per heavy atom. The zero-order valence-corrected chi connectivity index (χ0v) is 14.2. The second kappa shape index (κ2) is 7.32. The first kappa shape index (κ1) is 16.9. The largest absolute Gasteiger partial charge is 0.449 e. The monoisotopic (exact) mass is 354 g/mol. The molecule has 0 aliphatic carbocycles. The highest BCUT2D eigenvalue weighted by molar-refractivity contribution is 6.29. The van der Waals surface area contributed by atoms with Crippen molar-refractivity contribution in [3.8, 4) is 0 Å². The third-order valence-corrected chi connectivity index (χ3v) is 3.84. The van der Waals surface area contributed by atoms with Gasteiger partial charge in [0, 0.05) is 11.9 Å². The van der Waals surface area contributed by atoms with Gasteiger partial charge in [0.2, 0.25) is 0 Å². The molecule has 126 valence electrons. The predicted octanol–water partition coefficient (Wildman–Crippen LogP) is 4.07. The van der Waals surface area contributed by atoms with Crippen LogP contribution in [0.3, 0.4) is 0 Å². The quantitative estimate of drug-likeness (QED) is 0.566. The summed E-state index contributed by atoms with van der Waals surface area (Å²) < 4.78 is 5.18. The summed E-state index contributed by atoms with van der Waals surface area (Å²) >= 11 is 5.74. The minimum absolute atomic E-state index is 0.183. The van der Waals surface area contributed by atoms with Gasteiger partial charge in [-0.05, 0) is 42.0 Å². The van der Waals surface area contributed by atoms with Crippen LogP contribution in [0.1, 0.15) is 17.3 Å². The minimum atomic E-state index is -0.953. The Balaban J connectivity index is 1.66. The molecule has 2 aromatic carbocycles. The maximum absolute atomic E-state index is 12.3. The molecule has 1 N–H and O–H groups in total. The van der Waals surface area contributed by atoms with Crippen LogP contribution < -0.4 is 5.32 Å². The number of rotatable bonds is 4. The van der Waals surface area contributed by atoms with Crippen molar-refractivity contribution < 1.29 is 14.3 Å². The third-order valence-electron chi connectivity index (χ3n) is 3.63. The van der Waals surface area contributed by atoms with Gasteiger partial charge in [0.05, 0.1) is 5.56 Å². The number of carbonyl (C=O) groups excluding carboxylic acids is 2. The SMILES string of the molecule is CC(OC(=O)c1ccnc(Cl)c1)C(=O)Nc1ccc2ccccc2c1. The van der Waals surface area contributed by atoms with Crippen molar-refractivity contribution in [3.05, 3.63) is 71.5 Å². The van der Waals surface area contributed by atoms with Crippen molar-refractivity contribution in [3.63, 3.8) is 0 Å². The Kier molecular flexibility index (Phi) is 4.95. The number of benzene rings is 2. The Bertz CT molecular complexity index is 943. The van der Waals surface area contributed by atoms with Crippen LogP contribution in [0.25, 0.3) is 10.8 Å². The van der Waals surface area contributed by atoms with E-state index in [1.54, 1.807) is 6.07 Å². The number of hydrogen-bond donors (Lipinski definition) is 1. The Morgan fingerprint density at radius 2 is 1.84 bits per heavy atom. The maximum Gasteiger partial charge on any atom is 0.339 e. The van der Waals surface area contributed by atoms with E-state index in [9.17, 15) is 9.59 Å². The number of fused-ring (bicyclic) bond motifs is 1. The lowest BCUT2D eigenvalue weighted by molar-refractivity contribution is -0.123. The van der Waals surface area contributed by atoms with Crippen LogP contribution in [-0.2, 0) is 9.53 Å². The molecule has 0 aliphatic rings. The number of amides is 1. The van der Waals surface area contributed by atoms with E-state index in [0.29, 0.717) is 5.69 Å². The van der Waals surface area contributed by atoms with Gasteiger partial charge < -0.3 is 10.1 Å². The molecule has 3 aromatic rings. The van der Waals surface area contributed by atoms with Crippen molar-refractivity contribution in [1.29, 1.82) is 0 Å². The minimum Gasteiger partial charge on any atom is -0.449 e.